The van der Waals surface area contributed by atoms with E-state index in [0.717, 1.165) is 38.5 Å². The normalized spacial score (nSPS) is 10.8. The van der Waals surface area contributed by atoms with Crippen LogP contribution < -0.4 is 19.9 Å². The molecule has 1 aromatic rings. The molecule has 0 aliphatic rings. The van der Waals surface area contributed by atoms with Gasteiger partial charge in [0.2, 0.25) is 11.7 Å². The number of carbonyl (C=O) groups is 1. The van der Waals surface area contributed by atoms with Crippen molar-refractivity contribution >= 4 is 5.91 Å². The van der Waals surface area contributed by atoms with Gasteiger partial charge in [-0.1, -0.05) is 78.6 Å². The van der Waals surface area contributed by atoms with Crippen molar-refractivity contribution in [2.75, 3.05) is 19.8 Å². The van der Waals surface area contributed by atoms with Crippen LogP contribution in [0, 0.1) is 0 Å². The molecular formula is C25H43NO4. The maximum atomic E-state index is 11.8. The Morgan fingerprint density at radius 1 is 0.667 bits per heavy atom. The topological polar surface area (TPSA) is 70.8 Å². The molecule has 0 aromatic heterocycles. The van der Waals surface area contributed by atoms with Crippen LogP contribution in [0.5, 0.6) is 17.2 Å². The third kappa shape index (κ3) is 10.7. The Labute approximate surface area is 183 Å². The summed E-state index contributed by atoms with van der Waals surface area (Å²) in [4.78, 5) is 11.8. The molecule has 1 rings (SSSR count). The predicted molar refractivity (Wildman–Crippen MR) is 124 cm³/mol. The van der Waals surface area contributed by atoms with E-state index in [-0.39, 0.29) is 0 Å². The standard InChI is InChI=1S/C25H43NO4/c1-4-7-10-13-16-28-22-19-21(25(26)27)20-23(29-17-14-11-8-5-2)24(22)30-18-15-12-9-6-3/h19-20H,4-18H2,1-3H3,(H2,26,27). The monoisotopic (exact) mass is 421 g/mol. The summed E-state index contributed by atoms with van der Waals surface area (Å²) in [7, 11) is 0. The van der Waals surface area contributed by atoms with Crippen LogP contribution in [0.4, 0.5) is 0 Å². The summed E-state index contributed by atoms with van der Waals surface area (Å²) < 4.78 is 18.2. The van der Waals surface area contributed by atoms with E-state index < -0.39 is 5.91 Å². The van der Waals surface area contributed by atoms with E-state index >= 15 is 0 Å². The number of ether oxygens (including phenoxy) is 3. The van der Waals surface area contributed by atoms with Crippen LogP contribution >= 0.6 is 0 Å². The van der Waals surface area contributed by atoms with Crippen molar-refractivity contribution in [2.24, 2.45) is 5.73 Å². The molecule has 30 heavy (non-hydrogen) atoms. The Hall–Kier alpha value is -1.91. The molecule has 0 bridgehead atoms. The highest BCUT2D eigenvalue weighted by Gasteiger charge is 2.18. The average molecular weight is 422 g/mol. The minimum Gasteiger partial charge on any atom is -0.490 e. The SMILES string of the molecule is CCCCCCOc1cc(C(N)=O)cc(OCCCCCC)c1OCCCCCC. The summed E-state index contributed by atoms with van der Waals surface area (Å²) in [5, 5.41) is 0. The Balaban J connectivity index is 2.91. The first kappa shape index (κ1) is 26.1. The number of carbonyl (C=O) groups excluding carboxylic acids is 1. The minimum absolute atomic E-state index is 0.389. The molecule has 1 aromatic carbocycles. The van der Waals surface area contributed by atoms with E-state index in [2.05, 4.69) is 20.8 Å². The first-order valence-electron chi connectivity index (χ1n) is 12.0. The number of primary amides is 1. The van der Waals surface area contributed by atoms with Crippen molar-refractivity contribution in [3.8, 4) is 17.2 Å². The van der Waals surface area contributed by atoms with Gasteiger partial charge in [-0.05, 0) is 31.4 Å². The zero-order chi connectivity index (χ0) is 22.0. The minimum atomic E-state index is -0.490. The van der Waals surface area contributed by atoms with Crippen LogP contribution in [0.25, 0.3) is 0 Å². The Bertz CT molecular complexity index is 554. The fourth-order valence-corrected chi connectivity index (χ4v) is 3.20. The number of hydrogen-bond acceptors (Lipinski definition) is 4. The van der Waals surface area contributed by atoms with Crippen LogP contribution in [0.1, 0.15) is 108 Å². The molecular weight excluding hydrogens is 378 g/mol. The molecule has 0 radical (unpaired) electrons. The van der Waals surface area contributed by atoms with Crippen molar-refractivity contribution in [2.45, 2.75) is 97.8 Å². The molecule has 5 heteroatoms. The van der Waals surface area contributed by atoms with Crippen molar-refractivity contribution < 1.29 is 19.0 Å². The molecule has 172 valence electrons. The Morgan fingerprint density at radius 3 is 1.43 bits per heavy atom. The molecule has 0 spiro atoms. The van der Waals surface area contributed by atoms with Crippen molar-refractivity contribution in [1.29, 1.82) is 0 Å². The van der Waals surface area contributed by atoms with Gasteiger partial charge in [0.25, 0.3) is 0 Å². The number of unbranched alkanes of at least 4 members (excludes halogenated alkanes) is 9. The second-order valence-electron chi connectivity index (χ2n) is 7.89. The fourth-order valence-electron chi connectivity index (χ4n) is 3.20. The first-order chi connectivity index (χ1) is 14.6. The van der Waals surface area contributed by atoms with Crippen LogP contribution in [0.3, 0.4) is 0 Å². The van der Waals surface area contributed by atoms with Gasteiger partial charge < -0.3 is 19.9 Å². The molecule has 0 aliphatic carbocycles. The highest BCUT2D eigenvalue weighted by atomic mass is 16.5. The van der Waals surface area contributed by atoms with Gasteiger partial charge in [-0.25, -0.2) is 0 Å². The number of rotatable bonds is 19. The van der Waals surface area contributed by atoms with E-state index in [9.17, 15) is 4.79 Å². The largest absolute Gasteiger partial charge is 0.490 e. The lowest BCUT2D eigenvalue weighted by atomic mass is 10.1. The molecule has 2 N–H and O–H groups in total. The molecule has 0 heterocycles. The molecule has 0 unspecified atom stereocenters. The maximum absolute atomic E-state index is 11.8. The fraction of sp³-hybridized carbons (Fsp3) is 0.720. The van der Waals surface area contributed by atoms with Gasteiger partial charge in [-0.3, -0.25) is 4.79 Å². The lowest BCUT2D eigenvalue weighted by molar-refractivity contribution is 0.0999. The third-order valence-electron chi connectivity index (χ3n) is 5.06. The first-order valence-corrected chi connectivity index (χ1v) is 12.0. The third-order valence-corrected chi connectivity index (χ3v) is 5.06. The van der Waals surface area contributed by atoms with Crippen molar-refractivity contribution in [3.05, 3.63) is 17.7 Å². The Kier molecular flexibility index (Phi) is 14.7. The van der Waals surface area contributed by atoms with E-state index in [0.29, 0.717) is 42.6 Å². The molecule has 0 atom stereocenters. The van der Waals surface area contributed by atoms with Gasteiger partial charge in [0.1, 0.15) is 0 Å². The number of benzene rings is 1. The van der Waals surface area contributed by atoms with Gasteiger partial charge in [0.15, 0.2) is 11.5 Å². The van der Waals surface area contributed by atoms with E-state index in [1.54, 1.807) is 12.1 Å². The van der Waals surface area contributed by atoms with E-state index in [1.165, 1.54) is 38.5 Å². The van der Waals surface area contributed by atoms with E-state index in [4.69, 9.17) is 19.9 Å². The quantitative estimate of drug-likeness (QED) is 0.253. The van der Waals surface area contributed by atoms with Crippen molar-refractivity contribution in [1.82, 2.24) is 0 Å². The summed E-state index contributed by atoms with van der Waals surface area (Å²) in [5.74, 6) is 1.22. The zero-order valence-electron chi connectivity index (χ0n) is 19.5. The highest BCUT2D eigenvalue weighted by molar-refractivity contribution is 5.94. The second kappa shape index (κ2) is 16.8. The molecule has 5 nitrogen and oxygen atoms in total. The second-order valence-corrected chi connectivity index (χ2v) is 7.89. The highest BCUT2D eigenvalue weighted by Crippen LogP contribution is 2.39. The lowest BCUT2D eigenvalue weighted by Crippen LogP contribution is -2.13. The van der Waals surface area contributed by atoms with Gasteiger partial charge in [0.05, 0.1) is 19.8 Å². The maximum Gasteiger partial charge on any atom is 0.248 e. The number of hydrogen-bond donors (Lipinski definition) is 1. The van der Waals surface area contributed by atoms with E-state index in [1.807, 2.05) is 0 Å². The smallest absolute Gasteiger partial charge is 0.248 e. The van der Waals surface area contributed by atoms with Crippen molar-refractivity contribution in [3.63, 3.8) is 0 Å². The molecule has 0 saturated heterocycles. The van der Waals surface area contributed by atoms with Crippen LogP contribution in [0.15, 0.2) is 12.1 Å². The predicted octanol–water partition coefficient (Wildman–Crippen LogP) is 6.66. The van der Waals surface area contributed by atoms with Crippen LogP contribution in [-0.4, -0.2) is 25.7 Å². The molecule has 1 amide bonds. The number of amides is 1. The van der Waals surface area contributed by atoms with Crippen LogP contribution in [0.2, 0.25) is 0 Å². The van der Waals surface area contributed by atoms with Gasteiger partial charge >= 0.3 is 0 Å². The van der Waals surface area contributed by atoms with Crippen LogP contribution in [-0.2, 0) is 0 Å². The summed E-state index contributed by atoms with van der Waals surface area (Å²) in [6.07, 6.45) is 13.4. The summed E-state index contributed by atoms with van der Waals surface area (Å²) in [5.41, 5.74) is 5.94. The van der Waals surface area contributed by atoms with Gasteiger partial charge in [-0.2, -0.15) is 0 Å². The number of nitrogens with two attached hydrogens (primary N) is 1. The average Bonchev–Trinajstić information content (AvgIpc) is 2.74. The summed E-state index contributed by atoms with van der Waals surface area (Å²) >= 11 is 0. The van der Waals surface area contributed by atoms with Gasteiger partial charge in [0, 0.05) is 5.56 Å². The summed E-state index contributed by atoms with van der Waals surface area (Å²) in [6.45, 7) is 8.35. The van der Waals surface area contributed by atoms with Gasteiger partial charge in [-0.15, -0.1) is 0 Å². The summed E-state index contributed by atoms with van der Waals surface area (Å²) in [6, 6.07) is 3.38. The molecule has 0 saturated carbocycles. The molecule has 0 fully saturated rings. The molecule has 0 aliphatic heterocycles. The zero-order valence-corrected chi connectivity index (χ0v) is 19.5. The Morgan fingerprint density at radius 2 is 1.07 bits per heavy atom. The lowest BCUT2D eigenvalue weighted by Gasteiger charge is -2.18.